The van der Waals surface area contributed by atoms with E-state index in [4.69, 9.17) is 5.11 Å². The molecule has 0 aliphatic carbocycles. The van der Waals surface area contributed by atoms with Crippen molar-refractivity contribution in [1.29, 1.82) is 0 Å². The Balaban J connectivity index is 2.88. The van der Waals surface area contributed by atoms with Crippen LogP contribution in [-0.2, 0) is 0 Å². The average molecular weight is 209 g/mol. The Morgan fingerprint density at radius 3 is 2.53 bits per heavy atom. The van der Waals surface area contributed by atoms with Gasteiger partial charge in [0.1, 0.15) is 11.6 Å². The number of hydrogen-bond donors (Lipinski definition) is 2. The van der Waals surface area contributed by atoms with Crippen molar-refractivity contribution >= 4 is 5.82 Å². The predicted molar refractivity (Wildman–Crippen MR) is 61.0 cm³/mol. The van der Waals surface area contributed by atoms with E-state index in [1.165, 1.54) is 0 Å². The summed E-state index contributed by atoms with van der Waals surface area (Å²) in [7, 11) is 0. The summed E-state index contributed by atoms with van der Waals surface area (Å²) in [5, 5.41) is 12.1. The van der Waals surface area contributed by atoms with Gasteiger partial charge in [-0.3, -0.25) is 0 Å². The number of hydrogen-bond acceptors (Lipinski definition) is 4. The number of aliphatic hydroxyl groups is 1. The summed E-state index contributed by atoms with van der Waals surface area (Å²) < 4.78 is 0. The Morgan fingerprint density at radius 2 is 2.00 bits per heavy atom. The van der Waals surface area contributed by atoms with Crippen molar-refractivity contribution in [3.63, 3.8) is 0 Å². The van der Waals surface area contributed by atoms with Crippen LogP contribution in [0, 0.1) is 6.92 Å². The van der Waals surface area contributed by atoms with Gasteiger partial charge in [-0.15, -0.1) is 0 Å². The first-order valence-corrected chi connectivity index (χ1v) is 5.26. The first-order valence-electron chi connectivity index (χ1n) is 5.26. The zero-order chi connectivity index (χ0) is 11.4. The quantitative estimate of drug-likeness (QED) is 0.792. The smallest absolute Gasteiger partial charge is 0.133 e. The molecule has 0 aliphatic heterocycles. The summed E-state index contributed by atoms with van der Waals surface area (Å²) in [6.07, 6.45) is 0. The zero-order valence-corrected chi connectivity index (χ0v) is 9.78. The molecular weight excluding hydrogens is 190 g/mol. The predicted octanol–water partition coefficient (Wildman–Crippen LogP) is 1.70. The summed E-state index contributed by atoms with van der Waals surface area (Å²) in [6.45, 7) is 8.08. The summed E-state index contributed by atoms with van der Waals surface area (Å²) >= 11 is 0. The van der Waals surface area contributed by atoms with Crippen LogP contribution < -0.4 is 5.32 Å². The van der Waals surface area contributed by atoms with E-state index in [0.717, 1.165) is 17.3 Å². The van der Waals surface area contributed by atoms with Crippen LogP contribution >= 0.6 is 0 Å². The molecule has 1 aromatic rings. The number of aryl methyl sites for hydroxylation is 1. The van der Waals surface area contributed by atoms with Crippen molar-refractivity contribution in [2.75, 3.05) is 11.9 Å². The molecule has 1 rings (SSSR count). The third kappa shape index (κ3) is 3.47. The topological polar surface area (TPSA) is 58.0 Å². The second-order valence-electron chi connectivity index (χ2n) is 4.14. The van der Waals surface area contributed by atoms with Crippen molar-refractivity contribution in [2.24, 2.45) is 0 Å². The summed E-state index contributed by atoms with van der Waals surface area (Å²) in [5.74, 6) is 1.94. The fourth-order valence-electron chi connectivity index (χ4n) is 1.22. The van der Waals surface area contributed by atoms with E-state index in [1.54, 1.807) is 0 Å². The summed E-state index contributed by atoms with van der Waals surface area (Å²) in [4.78, 5) is 8.74. The molecule has 0 saturated heterocycles. The van der Waals surface area contributed by atoms with Gasteiger partial charge in [0.2, 0.25) is 0 Å². The molecule has 0 aromatic carbocycles. The maximum Gasteiger partial charge on any atom is 0.133 e. The highest BCUT2D eigenvalue weighted by Crippen LogP contribution is 2.13. The van der Waals surface area contributed by atoms with Gasteiger partial charge in [-0.1, -0.05) is 13.8 Å². The Kier molecular flexibility index (Phi) is 4.03. The molecule has 15 heavy (non-hydrogen) atoms. The lowest BCUT2D eigenvalue weighted by atomic mass is 10.2. The van der Waals surface area contributed by atoms with Crippen LogP contribution in [-0.4, -0.2) is 27.7 Å². The zero-order valence-electron chi connectivity index (χ0n) is 9.78. The minimum absolute atomic E-state index is 0.0133. The monoisotopic (exact) mass is 209 g/mol. The number of anilines is 1. The maximum atomic E-state index is 8.94. The van der Waals surface area contributed by atoms with Gasteiger partial charge in [0.25, 0.3) is 0 Å². The number of rotatable bonds is 4. The lowest BCUT2D eigenvalue weighted by Crippen LogP contribution is -2.20. The van der Waals surface area contributed by atoms with Crippen molar-refractivity contribution < 1.29 is 5.11 Å². The van der Waals surface area contributed by atoms with Gasteiger partial charge in [-0.05, 0) is 13.8 Å². The first-order chi connectivity index (χ1) is 7.02. The molecule has 1 atom stereocenters. The van der Waals surface area contributed by atoms with Gasteiger partial charge >= 0.3 is 0 Å². The van der Waals surface area contributed by atoms with E-state index in [-0.39, 0.29) is 12.6 Å². The Bertz CT molecular complexity index is 326. The van der Waals surface area contributed by atoms with Crippen molar-refractivity contribution in [3.8, 4) is 0 Å². The second kappa shape index (κ2) is 5.07. The van der Waals surface area contributed by atoms with Crippen LogP contribution in [0.1, 0.15) is 38.2 Å². The minimum atomic E-state index is 0.0133. The molecule has 0 aliphatic rings. The van der Waals surface area contributed by atoms with Gasteiger partial charge in [-0.2, -0.15) is 0 Å². The van der Waals surface area contributed by atoms with Crippen molar-refractivity contribution in [2.45, 2.75) is 39.7 Å². The van der Waals surface area contributed by atoms with Gasteiger partial charge < -0.3 is 10.4 Å². The highest BCUT2D eigenvalue weighted by atomic mass is 16.3. The normalized spacial score (nSPS) is 12.9. The molecule has 4 nitrogen and oxygen atoms in total. The molecule has 1 unspecified atom stereocenters. The lowest BCUT2D eigenvalue weighted by molar-refractivity contribution is 0.281. The van der Waals surface area contributed by atoms with Crippen LogP contribution in [0.15, 0.2) is 6.07 Å². The average Bonchev–Trinajstić information content (AvgIpc) is 2.16. The molecule has 0 radical (unpaired) electrons. The number of nitrogens with one attached hydrogen (secondary N) is 1. The molecule has 2 N–H and O–H groups in total. The summed E-state index contributed by atoms with van der Waals surface area (Å²) in [5.41, 5.74) is 0.946. The Labute approximate surface area is 90.8 Å². The molecule has 1 aromatic heterocycles. The van der Waals surface area contributed by atoms with Gasteiger partial charge in [0.15, 0.2) is 0 Å². The lowest BCUT2D eigenvalue weighted by Gasteiger charge is -2.13. The highest BCUT2D eigenvalue weighted by molar-refractivity contribution is 5.37. The fraction of sp³-hybridized carbons (Fsp3) is 0.636. The van der Waals surface area contributed by atoms with E-state index >= 15 is 0 Å². The van der Waals surface area contributed by atoms with E-state index < -0.39 is 0 Å². The van der Waals surface area contributed by atoms with Crippen molar-refractivity contribution in [3.05, 3.63) is 17.6 Å². The van der Waals surface area contributed by atoms with Gasteiger partial charge in [0.05, 0.1) is 6.61 Å². The minimum Gasteiger partial charge on any atom is -0.394 e. The van der Waals surface area contributed by atoms with E-state index in [9.17, 15) is 0 Å². The van der Waals surface area contributed by atoms with Crippen LogP contribution in [0.25, 0.3) is 0 Å². The molecule has 0 spiro atoms. The van der Waals surface area contributed by atoms with Crippen LogP contribution in [0.3, 0.4) is 0 Å². The maximum absolute atomic E-state index is 8.94. The first kappa shape index (κ1) is 11.9. The molecular formula is C11H19N3O. The van der Waals surface area contributed by atoms with Crippen molar-refractivity contribution in [1.82, 2.24) is 9.97 Å². The highest BCUT2D eigenvalue weighted by Gasteiger charge is 2.07. The van der Waals surface area contributed by atoms with Gasteiger partial charge in [-0.25, -0.2) is 9.97 Å². The second-order valence-corrected chi connectivity index (χ2v) is 4.14. The third-order valence-corrected chi connectivity index (χ3v) is 2.06. The molecule has 4 heteroatoms. The van der Waals surface area contributed by atoms with E-state index in [0.29, 0.717) is 5.92 Å². The van der Waals surface area contributed by atoms with Crippen LogP contribution in [0.4, 0.5) is 5.82 Å². The van der Waals surface area contributed by atoms with Crippen LogP contribution in [0.2, 0.25) is 0 Å². The van der Waals surface area contributed by atoms with Crippen LogP contribution in [0.5, 0.6) is 0 Å². The number of nitrogens with zero attached hydrogens (tertiary/aromatic N) is 2. The molecule has 0 fully saturated rings. The third-order valence-electron chi connectivity index (χ3n) is 2.06. The van der Waals surface area contributed by atoms with Gasteiger partial charge in [0, 0.05) is 23.7 Å². The Morgan fingerprint density at radius 1 is 1.33 bits per heavy atom. The standard InChI is InChI=1S/C11H19N3O/c1-7(2)11-13-8(3)5-10(14-11)12-9(4)6-15/h5,7,9,15H,6H2,1-4H3,(H,12,13,14). The molecule has 84 valence electrons. The molecule has 0 saturated carbocycles. The van der Waals surface area contributed by atoms with E-state index in [2.05, 4.69) is 29.1 Å². The molecule has 0 bridgehead atoms. The SMILES string of the molecule is Cc1cc(NC(C)CO)nc(C(C)C)n1. The summed E-state index contributed by atoms with van der Waals surface area (Å²) in [6, 6.07) is 1.90. The molecule has 1 heterocycles. The Hall–Kier alpha value is -1.16. The number of aliphatic hydroxyl groups excluding tert-OH is 1. The fourth-order valence-corrected chi connectivity index (χ4v) is 1.22. The van der Waals surface area contributed by atoms with E-state index in [1.807, 2.05) is 19.9 Å². The largest absolute Gasteiger partial charge is 0.394 e. The number of aromatic nitrogens is 2. The molecule has 0 amide bonds.